The van der Waals surface area contributed by atoms with Crippen LogP contribution in [0.5, 0.6) is 0 Å². The number of hydrogen-bond acceptors (Lipinski definition) is 5. The lowest BCUT2D eigenvalue weighted by Crippen LogP contribution is -2.42. The van der Waals surface area contributed by atoms with Crippen LogP contribution in [0.25, 0.3) is 0 Å². The standard InChI is InChI=1S/C22H28N4O3/c1-3-29-22(28)26-13-10-19(11-14-26)25-20-15-18(9-12-23-20)21(27)24-16(2)17-7-5-4-6-8-17/h4-9,12,15-16,19H,3,10-11,13-14H2,1-2H3,(H,23,25)(H,24,27). The van der Waals surface area contributed by atoms with Crippen LogP contribution in [0.15, 0.2) is 48.7 Å². The molecule has 7 nitrogen and oxygen atoms in total. The van der Waals surface area contributed by atoms with Crippen LogP contribution in [0.4, 0.5) is 10.6 Å². The van der Waals surface area contributed by atoms with Gasteiger partial charge < -0.3 is 20.3 Å². The number of anilines is 1. The molecule has 0 bridgehead atoms. The third-order valence-corrected chi connectivity index (χ3v) is 5.04. The van der Waals surface area contributed by atoms with Crippen molar-refractivity contribution in [2.75, 3.05) is 25.0 Å². The highest BCUT2D eigenvalue weighted by molar-refractivity contribution is 5.95. The highest BCUT2D eigenvalue weighted by Crippen LogP contribution is 2.18. The maximum atomic E-state index is 12.6. The number of aromatic nitrogens is 1. The van der Waals surface area contributed by atoms with Gasteiger partial charge in [-0.2, -0.15) is 0 Å². The second kappa shape index (κ2) is 9.91. The van der Waals surface area contributed by atoms with Gasteiger partial charge in [-0.15, -0.1) is 0 Å². The average molecular weight is 396 g/mol. The number of nitrogens with zero attached hydrogens (tertiary/aromatic N) is 2. The molecule has 1 aliphatic rings. The van der Waals surface area contributed by atoms with Crippen LogP contribution in [0.2, 0.25) is 0 Å². The van der Waals surface area contributed by atoms with Gasteiger partial charge in [0.25, 0.3) is 5.91 Å². The summed E-state index contributed by atoms with van der Waals surface area (Å²) in [6.45, 7) is 5.45. The summed E-state index contributed by atoms with van der Waals surface area (Å²) in [6, 6.07) is 13.5. The molecule has 1 fully saturated rings. The predicted octanol–water partition coefficient (Wildman–Crippen LogP) is 3.61. The van der Waals surface area contributed by atoms with Gasteiger partial charge in [0.15, 0.2) is 0 Å². The number of rotatable bonds is 6. The molecule has 0 radical (unpaired) electrons. The molecule has 2 heterocycles. The van der Waals surface area contributed by atoms with Crippen LogP contribution in [0.3, 0.4) is 0 Å². The van der Waals surface area contributed by atoms with Crippen molar-refractivity contribution in [2.24, 2.45) is 0 Å². The van der Waals surface area contributed by atoms with Gasteiger partial charge in [-0.1, -0.05) is 30.3 Å². The Morgan fingerprint density at radius 3 is 2.62 bits per heavy atom. The Morgan fingerprint density at radius 1 is 1.21 bits per heavy atom. The predicted molar refractivity (Wildman–Crippen MR) is 112 cm³/mol. The molecule has 1 saturated heterocycles. The zero-order chi connectivity index (χ0) is 20.6. The van der Waals surface area contributed by atoms with Gasteiger partial charge in [-0.25, -0.2) is 9.78 Å². The van der Waals surface area contributed by atoms with Crippen LogP contribution in [-0.4, -0.2) is 47.6 Å². The number of likely N-dealkylation sites (tertiary alicyclic amines) is 1. The molecule has 1 aromatic heterocycles. The fourth-order valence-electron chi connectivity index (χ4n) is 3.39. The van der Waals surface area contributed by atoms with Crippen LogP contribution < -0.4 is 10.6 Å². The molecule has 154 valence electrons. The second-order valence-electron chi connectivity index (χ2n) is 7.14. The fraction of sp³-hybridized carbons (Fsp3) is 0.409. The van der Waals surface area contributed by atoms with Crippen LogP contribution in [0.1, 0.15) is 48.7 Å². The lowest BCUT2D eigenvalue weighted by atomic mass is 10.1. The molecular weight excluding hydrogens is 368 g/mol. The molecule has 0 saturated carbocycles. The number of nitrogens with one attached hydrogen (secondary N) is 2. The molecule has 1 unspecified atom stereocenters. The van der Waals surface area contributed by atoms with E-state index in [1.807, 2.05) is 44.2 Å². The van der Waals surface area contributed by atoms with E-state index in [9.17, 15) is 9.59 Å². The van der Waals surface area contributed by atoms with Gasteiger partial charge >= 0.3 is 6.09 Å². The summed E-state index contributed by atoms with van der Waals surface area (Å²) >= 11 is 0. The van der Waals surface area contributed by atoms with Crippen molar-refractivity contribution in [1.29, 1.82) is 0 Å². The van der Waals surface area contributed by atoms with E-state index < -0.39 is 0 Å². The zero-order valence-electron chi connectivity index (χ0n) is 16.9. The maximum absolute atomic E-state index is 12.6. The molecule has 1 aliphatic heterocycles. The van der Waals surface area contributed by atoms with Crippen molar-refractivity contribution >= 4 is 17.8 Å². The van der Waals surface area contributed by atoms with Gasteiger partial charge in [0, 0.05) is 30.9 Å². The monoisotopic (exact) mass is 396 g/mol. The third kappa shape index (κ3) is 5.70. The normalized spacial score (nSPS) is 15.4. The molecule has 1 atom stereocenters. The Labute approximate surface area is 171 Å². The van der Waals surface area contributed by atoms with Crippen molar-refractivity contribution in [2.45, 2.75) is 38.8 Å². The summed E-state index contributed by atoms with van der Waals surface area (Å²) in [5.74, 6) is 0.531. The summed E-state index contributed by atoms with van der Waals surface area (Å²) in [4.78, 5) is 30.5. The molecule has 29 heavy (non-hydrogen) atoms. The zero-order valence-corrected chi connectivity index (χ0v) is 16.9. The number of carbonyl (C=O) groups is 2. The number of amides is 2. The number of pyridine rings is 1. The van der Waals surface area contributed by atoms with Crippen LogP contribution in [-0.2, 0) is 4.74 Å². The van der Waals surface area contributed by atoms with E-state index in [0.717, 1.165) is 18.4 Å². The molecule has 7 heteroatoms. The number of piperidine rings is 1. The first-order valence-electron chi connectivity index (χ1n) is 10.1. The van der Waals surface area contributed by atoms with Crippen LogP contribution >= 0.6 is 0 Å². The van der Waals surface area contributed by atoms with E-state index in [1.165, 1.54) is 0 Å². The second-order valence-corrected chi connectivity index (χ2v) is 7.14. The highest BCUT2D eigenvalue weighted by atomic mass is 16.6. The van der Waals surface area contributed by atoms with Gasteiger partial charge in [-0.3, -0.25) is 4.79 Å². The van der Waals surface area contributed by atoms with Gasteiger partial charge in [0.05, 0.1) is 12.6 Å². The summed E-state index contributed by atoms with van der Waals surface area (Å²) in [5.41, 5.74) is 1.62. The Kier molecular flexibility index (Phi) is 7.05. The molecule has 2 N–H and O–H groups in total. The van der Waals surface area contributed by atoms with Crippen molar-refractivity contribution in [3.05, 3.63) is 59.8 Å². The summed E-state index contributed by atoms with van der Waals surface area (Å²) < 4.78 is 5.05. The van der Waals surface area contributed by atoms with E-state index in [2.05, 4.69) is 15.6 Å². The van der Waals surface area contributed by atoms with Gasteiger partial charge in [0.2, 0.25) is 0 Å². The number of benzene rings is 1. The Hall–Kier alpha value is -3.09. The molecular formula is C22H28N4O3. The van der Waals surface area contributed by atoms with Crippen LogP contribution in [0, 0.1) is 0 Å². The minimum absolute atomic E-state index is 0.0829. The molecule has 2 amide bonds. The highest BCUT2D eigenvalue weighted by Gasteiger charge is 2.23. The van der Waals surface area contributed by atoms with E-state index in [0.29, 0.717) is 31.1 Å². The summed E-state index contributed by atoms with van der Waals surface area (Å²) in [7, 11) is 0. The minimum Gasteiger partial charge on any atom is -0.450 e. The lowest BCUT2D eigenvalue weighted by molar-refractivity contribution is 0.0937. The van der Waals surface area contributed by atoms with E-state index >= 15 is 0 Å². The summed E-state index contributed by atoms with van der Waals surface area (Å²) in [6.07, 6.45) is 3.00. The number of ether oxygens (including phenoxy) is 1. The smallest absolute Gasteiger partial charge is 0.409 e. The first kappa shape index (κ1) is 20.6. The number of hydrogen-bond donors (Lipinski definition) is 2. The van der Waals surface area contributed by atoms with Crippen molar-refractivity contribution in [1.82, 2.24) is 15.2 Å². The Morgan fingerprint density at radius 2 is 1.93 bits per heavy atom. The average Bonchev–Trinajstić information content (AvgIpc) is 2.75. The minimum atomic E-state index is -0.254. The molecule has 3 rings (SSSR count). The third-order valence-electron chi connectivity index (χ3n) is 5.04. The first-order valence-corrected chi connectivity index (χ1v) is 10.1. The maximum Gasteiger partial charge on any atom is 0.409 e. The number of carbonyl (C=O) groups excluding carboxylic acids is 2. The van der Waals surface area contributed by atoms with E-state index in [1.54, 1.807) is 23.2 Å². The SMILES string of the molecule is CCOC(=O)N1CCC(Nc2cc(C(=O)NC(C)c3ccccc3)ccn2)CC1. The van der Waals surface area contributed by atoms with Crippen molar-refractivity contribution in [3.8, 4) is 0 Å². The quantitative estimate of drug-likeness (QED) is 0.779. The van der Waals surface area contributed by atoms with E-state index in [-0.39, 0.29) is 24.1 Å². The molecule has 1 aromatic carbocycles. The Balaban J connectivity index is 1.54. The first-order chi connectivity index (χ1) is 14.1. The lowest BCUT2D eigenvalue weighted by Gasteiger charge is -2.31. The summed E-state index contributed by atoms with van der Waals surface area (Å²) in [5, 5.41) is 6.40. The molecule has 0 aliphatic carbocycles. The molecule has 0 spiro atoms. The fourth-order valence-corrected chi connectivity index (χ4v) is 3.39. The van der Waals surface area contributed by atoms with Crippen molar-refractivity contribution in [3.63, 3.8) is 0 Å². The van der Waals surface area contributed by atoms with Gasteiger partial charge in [0.1, 0.15) is 5.82 Å². The molecule has 2 aromatic rings. The largest absolute Gasteiger partial charge is 0.450 e. The topological polar surface area (TPSA) is 83.6 Å². The Bertz CT molecular complexity index is 820. The van der Waals surface area contributed by atoms with E-state index in [4.69, 9.17) is 4.74 Å². The van der Waals surface area contributed by atoms with Crippen molar-refractivity contribution < 1.29 is 14.3 Å². The van der Waals surface area contributed by atoms with Gasteiger partial charge in [-0.05, 0) is 44.4 Å².